The summed E-state index contributed by atoms with van der Waals surface area (Å²) < 4.78 is 41.7. The third kappa shape index (κ3) is 3.49. The minimum Gasteiger partial charge on any atom is -0.270 e. The molecule has 0 bridgehead atoms. The summed E-state index contributed by atoms with van der Waals surface area (Å²) in [5, 5.41) is 6.82. The van der Waals surface area contributed by atoms with Gasteiger partial charge in [-0.3, -0.25) is 15.1 Å². The molecule has 0 saturated carbocycles. The summed E-state index contributed by atoms with van der Waals surface area (Å²) in [7, 11) is 0. The number of nitrogens with zero attached hydrogens (tertiary/aromatic N) is 2. The van der Waals surface area contributed by atoms with Crippen LogP contribution in [-0.4, -0.2) is 20.8 Å². The number of nitrogens with one attached hydrogen (secondary N) is 3. The number of hydrogen-bond acceptors (Lipinski definition) is 4. The summed E-state index contributed by atoms with van der Waals surface area (Å²) in [6, 6.07) is 5.28. The number of para-hydroxylation sites is 1. The first-order valence-corrected chi connectivity index (χ1v) is 8.35. The van der Waals surface area contributed by atoms with Gasteiger partial charge in [-0.05, 0) is 36.2 Å². The Morgan fingerprint density at radius 3 is 2.44 bits per heavy atom. The van der Waals surface area contributed by atoms with E-state index >= 15 is 0 Å². The predicted molar refractivity (Wildman–Crippen MR) is 90.6 cm³/mol. The lowest BCUT2D eigenvalue weighted by molar-refractivity contribution is -0.137. The van der Waals surface area contributed by atoms with Gasteiger partial charge in [-0.25, -0.2) is 5.43 Å². The average Bonchev–Trinajstić information content (AvgIpc) is 3.12. The molecule has 0 spiro atoms. The zero-order valence-corrected chi connectivity index (χ0v) is 14.9. The van der Waals surface area contributed by atoms with E-state index in [1.165, 1.54) is 16.7 Å². The Morgan fingerprint density at radius 2 is 1.84 bits per heavy atom. The van der Waals surface area contributed by atoms with Gasteiger partial charge in [0.15, 0.2) is 10.6 Å². The molecule has 5 nitrogen and oxygen atoms in total. The van der Waals surface area contributed by atoms with Crippen LogP contribution in [0.25, 0.3) is 5.69 Å². The number of benzene rings is 1. The summed E-state index contributed by atoms with van der Waals surface area (Å²) in [5.74, 6) is 0.431. The van der Waals surface area contributed by atoms with Crippen LogP contribution in [0.3, 0.4) is 0 Å². The molecule has 2 atom stereocenters. The Balaban J connectivity index is 2.05. The average molecular weight is 371 g/mol. The first-order valence-electron chi connectivity index (χ1n) is 7.94. The van der Waals surface area contributed by atoms with Crippen molar-refractivity contribution < 1.29 is 13.2 Å². The van der Waals surface area contributed by atoms with Crippen LogP contribution in [0, 0.1) is 10.2 Å². The van der Waals surface area contributed by atoms with Gasteiger partial charge in [-0.2, -0.15) is 18.3 Å². The van der Waals surface area contributed by atoms with Crippen molar-refractivity contribution in [2.75, 3.05) is 0 Å². The third-order valence-corrected chi connectivity index (χ3v) is 4.68. The van der Waals surface area contributed by atoms with E-state index in [1.54, 1.807) is 6.07 Å². The molecule has 2 unspecified atom stereocenters. The zero-order chi connectivity index (χ0) is 18.4. The fourth-order valence-corrected chi connectivity index (χ4v) is 3.22. The Morgan fingerprint density at radius 1 is 1.16 bits per heavy atom. The highest BCUT2D eigenvalue weighted by Gasteiger charge is 2.38. The number of hydrazine groups is 1. The largest absolute Gasteiger partial charge is 0.418 e. The first-order chi connectivity index (χ1) is 11.6. The third-order valence-electron chi connectivity index (χ3n) is 4.41. The van der Waals surface area contributed by atoms with E-state index in [1.807, 2.05) is 0 Å². The van der Waals surface area contributed by atoms with Crippen molar-refractivity contribution in [3.05, 3.63) is 40.4 Å². The maximum atomic E-state index is 13.4. The van der Waals surface area contributed by atoms with Crippen molar-refractivity contribution in [1.82, 2.24) is 25.6 Å². The Labute approximate surface area is 148 Å². The molecule has 0 amide bonds. The van der Waals surface area contributed by atoms with Gasteiger partial charge >= 0.3 is 6.18 Å². The van der Waals surface area contributed by atoms with Crippen LogP contribution in [-0.2, 0) is 6.18 Å². The van der Waals surface area contributed by atoms with Crippen LogP contribution >= 0.6 is 12.2 Å². The second-order valence-corrected chi connectivity index (χ2v) is 7.62. The van der Waals surface area contributed by atoms with Crippen molar-refractivity contribution in [1.29, 1.82) is 0 Å². The highest BCUT2D eigenvalue weighted by Crippen LogP contribution is 2.36. The molecule has 3 rings (SSSR count). The molecule has 1 aliphatic rings. The second-order valence-electron chi connectivity index (χ2n) is 7.23. The molecule has 3 N–H and O–H groups in total. The van der Waals surface area contributed by atoms with Crippen molar-refractivity contribution in [2.45, 2.75) is 45.5 Å². The number of aromatic nitrogens is 3. The molecule has 9 heteroatoms. The molecular formula is C16H20F3N5S. The minimum atomic E-state index is -4.48. The van der Waals surface area contributed by atoms with E-state index in [0.717, 1.165) is 6.07 Å². The first kappa shape index (κ1) is 18.1. The number of aromatic amines is 1. The fourth-order valence-electron chi connectivity index (χ4n) is 2.98. The van der Waals surface area contributed by atoms with Gasteiger partial charge in [0.1, 0.15) is 0 Å². The van der Waals surface area contributed by atoms with E-state index in [0.29, 0.717) is 12.2 Å². The van der Waals surface area contributed by atoms with E-state index in [9.17, 15) is 13.2 Å². The van der Waals surface area contributed by atoms with E-state index in [-0.39, 0.29) is 28.0 Å². The van der Waals surface area contributed by atoms with Crippen LogP contribution in [0.5, 0.6) is 0 Å². The Hall–Kier alpha value is -1.71. The standard InChI is InChI=1S/C16H20F3N5S/c1-15(2,3)12-8-10(20-21-12)13-22-23-14(25)24(13)11-7-5-4-6-9(11)16(17,18)19/h4-7,10,12,20-21H,8H2,1-3H3,(H,23,25). The van der Waals surface area contributed by atoms with Crippen LogP contribution in [0.1, 0.15) is 44.6 Å². The lowest BCUT2D eigenvalue weighted by Gasteiger charge is -2.26. The van der Waals surface area contributed by atoms with Gasteiger partial charge in [0, 0.05) is 6.04 Å². The highest BCUT2D eigenvalue weighted by molar-refractivity contribution is 7.71. The lowest BCUT2D eigenvalue weighted by Crippen LogP contribution is -2.39. The number of hydrogen-bond donors (Lipinski definition) is 3. The van der Waals surface area contributed by atoms with Crippen LogP contribution in [0.4, 0.5) is 13.2 Å². The van der Waals surface area contributed by atoms with Crippen LogP contribution < -0.4 is 10.9 Å². The second kappa shape index (κ2) is 6.22. The van der Waals surface area contributed by atoms with E-state index < -0.39 is 11.7 Å². The molecule has 2 heterocycles. The number of alkyl halides is 3. The maximum Gasteiger partial charge on any atom is 0.418 e. The molecule has 0 aliphatic carbocycles. The maximum absolute atomic E-state index is 13.4. The quantitative estimate of drug-likeness (QED) is 0.701. The highest BCUT2D eigenvalue weighted by atomic mass is 32.1. The summed E-state index contributed by atoms with van der Waals surface area (Å²) in [4.78, 5) is 0. The topological polar surface area (TPSA) is 57.7 Å². The van der Waals surface area contributed by atoms with Crippen molar-refractivity contribution in [3.8, 4) is 5.69 Å². The molecule has 1 saturated heterocycles. The Bertz CT molecular complexity index is 818. The normalized spacial score (nSPS) is 21.7. The number of halogens is 3. The number of H-pyrrole nitrogens is 1. The van der Waals surface area contributed by atoms with E-state index in [4.69, 9.17) is 12.2 Å². The van der Waals surface area contributed by atoms with Crippen molar-refractivity contribution >= 4 is 12.2 Å². The summed E-state index contributed by atoms with van der Waals surface area (Å²) >= 11 is 5.21. The predicted octanol–water partition coefficient (Wildman–Crippen LogP) is 3.90. The van der Waals surface area contributed by atoms with Gasteiger partial charge in [-0.1, -0.05) is 32.9 Å². The molecule has 1 aromatic carbocycles. The molecule has 0 radical (unpaired) electrons. The molecular weight excluding hydrogens is 351 g/mol. The van der Waals surface area contributed by atoms with Gasteiger partial charge < -0.3 is 0 Å². The molecule has 136 valence electrons. The number of rotatable bonds is 2. The van der Waals surface area contributed by atoms with Crippen molar-refractivity contribution in [3.63, 3.8) is 0 Å². The van der Waals surface area contributed by atoms with Crippen LogP contribution in [0.2, 0.25) is 0 Å². The van der Waals surface area contributed by atoms with Gasteiger partial charge in [0.05, 0.1) is 17.3 Å². The van der Waals surface area contributed by atoms with Crippen molar-refractivity contribution in [2.24, 2.45) is 5.41 Å². The smallest absolute Gasteiger partial charge is 0.270 e. The molecule has 2 aromatic rings. The fraction of sp³-hybridized carbons (Fsp3) is 0.500. The molecule has 1 aliphatic heterocycles. The summed E-state index contributed by atoms with van der Waals surface area (Å²) in [5.41, 5.74) is 5.57. The monoisotopic (exact) mass is 371 g/mol. The van der Waals surface area contributed by atoms with Gasteiger partial charge in [0.2, 0.25) is 0 Å². The lowest BCUT2D eigenvalue weighted by atomic mass is 9.84. The summed E-state index contributed by atoms with van der Waals surface area (Å²) in [6.07, 6.45) is -3.79. The SMILES string of the molecule is CC(C)(C)C1CC(c2n[nH]c(=S)n2-c2ccccc2C(F)(F)F)NN1. The zero-order valence-electron chi connectivity index (χ0n) is 14.1. The minimum absolute atomic E-state index is 0.00353. The summed E-state index contributed by atoms with van der Waals surface area (Å²) in [6.45, 7) is 6.31. The van der Waals surface area contributed by atoms with Crippen LogP contribution in [0.15, 0.2) is 24.3 Å². The van der Waals surface area contributed by atoms with Gasteiger partial charge in [-0.15, -0.1) is 0 Å². The molecule has 1 fully saturated rings. The Kier molecular flexibility index (Phi) is 4.50. The van der Waals surface area contributed by atoms with E-state index in [2.05, 4.69) is 41.8 Å². The molecule has 1 aromatic heterocycles. The van der Waals surface area contributed by atoms with Gasteiger partial charge in [0.25, 0.3) is 0 Å². The molecule has 25 heavy (non-hydrogen) atoms.